The normalized spacial score (nSPS) is 12.4. The minimum Gasteiger partial charge on any atom is -0.336 e. The van der Waals surface area contributed by atoms with Crippen molar-refractivity contribution in [3.8, 4) is 0 Å². The summed E-state index contributed by atoms with van der Waals surface area (Å²) >= 11 is 1.69. The molecule has 0 aliphatic heterocycles. The van der Waals surface area contributed by atoms with E-state index in [-0.39, 0.29) is 12.1 Å². The number of carbonyl (C=O) groups is 1. The molecular formula is C13H19N5OS. The van der Waals surface area contributed by atoms with Gasteiger partial charge in [-0.15, -0.1) is 11.3 Å². The Kier molecular flexibility index (Phi) is 4.75. The molecule has 6 nitrogen and oxygen atoms in total. The van der Waals surface area contributed by atoms with Gasteiger partial charge in [-0.3, -0.25) is 10.00 Å². The molecule has 2 N–H and O–H groups in total. The van der Waals surface area contributed by atoms with Crippen molar-refractivity contribution in [1.29, 1.82) is 0 Å². The van der Waals surface area contributed by atoms with Gasteiger partial charge >= 0.3 is 6.03 Å². The number of aryl methyl sites for hydroxylation is 1. The number of rotatable bonds is 5. The van der Waals surface area contributed by atoms with Gasteiger partial charge in [0.15, 0.2) is 5.82 Å². The number of hydrogen-bond donors (Lipinski definition) is 2. The molecule has 108 valence electrons. The van der Waals surface area contributed by atoms with Crippen LogP contribution in [0.15, 0.2) is 29.8 Å². The van der Waals surface area contributed by atoms with Crippen molar-refractivity contribution in [2.45, 2.75) is 6.04 Å². The molecular weight excluding hydrogens is 274 g/mol. The van der Waals surface area contributed by atoms with Gasteiger partial charge < -0.3 is 10.2 Å². The fraction of sp³-hybridized carbons (Fsp3) is 0.385. The number of hydrogen-bond acceptors (Lipinski definition) is 4. The van der Waals surface area contributed by atoms with Crippen LogP contribution in [0.25, 0.3) is 0 Å². The zero-order valence-corrected chi connectivity index (χ0v) is 12.6. The summed E-state index contributed by atoms with van der Waals surface area (Å²) in [6.07, 6.45) is 1.78. The van der Waals surface area contributed by atoms with Crippen LogP contribution in [0.4, 0.5) is 10.6 Å². The molecule has 2 rings (SSSR count). The monoisotopic (exact) mass is 293 g/mol. The Morgan fingerprint density at radius 2 is 2.30 bits per heavy atom. The van der Waals surface area contributed by atoms with Crippen molar-refractivity contribution in [2.24, 2.45) is 7.05 Å². The second-order valence-electron chi connectivity index (χ2n) is 4.70. The van der Waals surface area contributed by atoms with Gasteiger partial charge in [-0.1, -0.05) is 6.07 Å². The lowest BCUT2D eigenvalue weighted by Crippen LogP contribution is -2.36. The number of carbonyl (C=O) groups excluding carboxylic acids is 1. The van der Waals surface area contributed by atoms with Crippen LogP contribution < -0.4 is 10.6 Å². The first-order chi connectivity index (χ1) is 9.56. The van der Waals surface area contributed by atoms with Crippen molar-refractivity contribution < 1.29 is 4.79 Å². The molecule has 7 heteroatoms. The summed E-state index contributed by atoms with van der Waals surface area (Å²) in [6.45, 7) is 0.548. The maximum absolute atomic E-state index is 11.8. The van der Waals surface area contributed by atoms with E-state index in [2.05, 4.69) is 26.7 Å². The summed E-state index contributed by atoms with van der Waals surface area (Å²) < 4.78 is 1.64. The van der Waals surface area contributed by atoms with Gasteiger partial charge in [-0.25, -0.2) is 4.79 Å². The summed E-state index contributed by atoms with van der Waals surface area (Å²) in [5.74, 6) is 0.544. The van der Waals surface area contributed by atoms with Crippen LogP contribution in [0.1, 0.15) is 10.9 Å². The molecule has 0 fully saturated rings. The molecule has 0 aliphatic carbocycles. The molecule has 2 aromatic rings. The summed E-state index contributed by atoms with van der Waals surface area (Å²) in [5.41, 5.74) is 0. The van der Waals surface area contributed by atoms with Crippen LogP contribution in [-0.2, 0) is 7.05 Å². The second kappa shape index (κ2) is 6.53. The summed E-state index contributed by atoms with van der Waals surface area (Å²) in [4.78, 5) is 15.2. The Balaban J connectivity index is 1.88. The van der Waals surface area contributed by atoms with Crippen LogP contribution >= 0.6 is 11.3 Å². The standard InChI is InChI=1S/C13H19N5OS/c1-17(2)10(11-5-4-8-20-11)9-14-13(19)15-12-6-7-18(3)16-12/h4-8,10H,9H2,1-3H3,(H2,14,15,16,19). The lowest BCUT2D eigenvalue weighted by Gasteiger charge is -2.23. The minimum absolute atomic E-state index is 0.171. The molecule has 0 saturated carbocycles. The highest BCUT2D eigenvalue weighted by Crippen LogP contribution is 2.22. The Labute approximate surface area is 122 Å². The van der Waals surface area contributed by atoms with Gasteiger partial charge in [-0.2, -0.15) is 5.10 Å². The van der Waals surface area contributed by atoms with Crippen molar-refractivity contribution in [1.82, 2.24) is 20.0 Å². The average molecular weight is 293 g/mol. The lowest BCUT2D eigenvalue weighted by atomic mass is 10.2. The van der Waals surface area contributed by atoms with Crippen molar-refractivity contribution in [3.05, 3.63) is 34.7 Å². The molecule has 2 aromatic heterocycles. The molecule has 2 heterocycles. The van der Waals surface area contributed by atoms with E-state index in [4.69, 9.17) is 0 Å². The van der Waals surface area contributed by atoms with E-state index in [0.717, 1.165) is 0 Å². The Hall–Kier alpha value is -1.86. The molecule has 0 aliphatic rings. The molecule has 1 atom stereocenters. The molecule has 0 radical (unpaired) electrons. The summed E-state index contributed by atoms with van der Waals surface area (Å²) in [7, 11) is 5.81. The molecule has 0 aromatic carbocycles. The fourth-order valence-electron chi connectivity index (χ4n) is 1.85. The van der Waals surface area contributed by atoms with E-state index < -0.39 is 0 Å². The quantitative estimate of drug-likeness (QED) is 0.885. The Bertz CT molecular complexity index is 549. The van der Waals surface area contributed by atoms with Gasteiger partial charge in [0.2, 0.25) is 0 Å². The van der Waals surface area contributed by atoms with Gasteiger partial charge in [0, 0.05) is 30.7 Å². The predicted octanol–water partition coefficient (Wildman–Crippen LogP) is 1.91. The third kappa shape index (κ3) is 3.82. The number of nitrogens with one attached hydrogen (secondary N) is 2. The van der Waals surface area contributed by atoms with Gasteiger partial charge in [0.05, 0.1) is 6.04 Å². The number of anilines is 1. The van der Waals surface area contributed by atoms with E-state index in [1.807, 2.05) is 32.6 Å². The van der Waals surface area contributed by atoms with E-state index in [0.29, 0.717) is 12.4 Å². The number of thiophene rings is 1. The average Bonchev–Trinajstić information content (AvgIpc) is 3.01. The first-order valence-corrected chi connectivity index (χ1v) is 7.18. The van der Waals surface area contributed by atoms with Gasteiger partial charge in [0.1, 0.15) is 0 Å². The van der Waals surface area contributed by atoms with Crippen LogP contribution in [0.5, 0.6) is 0 Å². The Morgan fingerprint density at radius 3 is 2.85 bits per heavy atom. The zero-order valence-electron chi connectivity index (χ0n) is 11.8. The predicted molar refractivity (Wildman–Crippen MR) is 81.0 cm³/mol. The highest BCUT2D eigenvalue weighted by molar-refractivity contribution is 7.10. The second-order valence-corrected chi connectivity index (χ2v) is 5.68. The van der Waals surface area contributed by atoms with E-state index >= 15 is 0 Å². The SMILES string of the molecule is CN(C)C(CNC(=O)Nc1ccn(C)n1)c1cccs1. The van der Waals surface area contributed by atoms with Crippen LogP contribution in [0.3, 0.4) is 0 Å². The van der Waals surface area contributed by atoms with Crippen LogP contribution in [0, 0.1) is 0 Å². The maximum Gasteiger partial charge on any atom is 0.320 e. The lowest BCUT2D eigenvalue weighted by molar-refractivity contribution is 0.244. The molecule has 0 spiro atoms. The summed E-state index contributed by atoms with van der Waals surface area (Å²) in [5, 5.41) is 11.7. The van der Waals surface area contributed by atoms with E-state index in [1.54, 1.807) is 28.3 Å². The number of nitrogens with zero attached hydrogens (tertiary/aromatic N) is 3. The molecule has 2 amide bonds. The number of likely N-dealkylation sites (N-methyl/N-ethyl adjacent to an activating group) is 1. The van der Waals surface area contributed by atoms with Crippen molar-refractivity contribution in [3.63, 3.8) is 0 Å². The molecule has 0 bridgehead atoms. The number of urea groups is 1. The summed E-state index contributed by atoms with van der Waals surface area (Å²) in [6, 6.07) is 5.78. The van der Waals surface area contributed by atoms with Crippen molar-refractivity contribution >= 4 is 23.2 Å². The van der Waals surface area contributed by atoms with Gasteiger partial charge in [0.25, 0.3) is 0 Å². The third-order valence-corrected chi connectivity index (χ3v) is 3.88. The number of aromatic nitrogens is 2. The molecule has 20 heavy (non-hydrogen) atoms. The fourth-order valence-corrected chi connectivity index (χ4v) is 2.77. The zero-order chi connectivity index (χ0) is 14.5. The first kappa shape index (κ1) is 14.5. The highest BCUT2D eigenvalue weighted by atomic mass is 32.1. The molecule has 1 unspecified atom stereocenters. The van der Waals surface area contributed by atoms with Crippen LogP contribution in [-0.4, -0.2) is 41.4 Å². The maximum atomic E-state index is 11.8. The molecule has 0 saturated heterocycles. The van der Waals surface area contributed by atoms with E-state index in [9.17, 15) is 4.79 Å². The smallest absolute Gasteiger partial charge is 0.320 e. The largest absolute Gasteiger partial charge is 0.336 e. The topological polar surface area (TPSA) is 62.2 Å². The third-order valence-electron chi connectivity index (χ3n) is 2.91. The first-order valence-electron chi connectivity index (χ1n) is 6.30. The van der Waals surface area contributed by atoms with Gasteiger partial charge in [-0.05, 0) is 25.5 Å². The van der Waals surface area contributed by atoms with E-state index in [1.165, 1.54) is 4.88 Å². The van der Waals surface area contributed by atoms with Crippen molar-refractivity contribution in [2.75, 3.05) is 26.0 Å². The highest BCUT2D eigenvalue weighted by Gasteiger charge is 2.16. The van der Waals surface area contributed by atoms with Crippen LogP contribution in [0.2, 0.25) is 0 Å². The minimum atomic E-state index is -0.243. The Morgan fingerprint density at radius 1 is 1.50 bits per heavy atom. The number of amides is 2.